The van der Waals surface area contributed by atoms with Crippen LogP contribution < -0.4 is 0 Å². The molecule has 0 bridgehead atoms. The van der Waals surface area contributed by atoms with E-state index in [-0.39, 0.29) is 12.0 Å². The monoisotopic (exact) mass is 186 g/mol. The lowest BCUT2D eigenvalue weighted by atomic mass is 9.78. The molecule has 0 radical (unpaired) electrons. The van der Waals surface area contributed by atoms with Crippen molar-refractivity contribution in [3.8, 4) is 0 Å². The molecule has 1 fully saturated rings. The van der Waals surface area contributed by atoms with Crippen LogP contribution in [0.3, 0.4) is 0 Å². The van der Waals surface area contributed by atoms with E-state index in [9.17, 15) is 9.70 Å². The van der Waals surface area contributed by atoms with Crippen LogP contribution >= 0.6 is 0 Å². The average molecular weight is 186 g/mol. The smallest absolute Gasteiger partial charge is 0.433 e. The Balaban J connectivity index is 2.88. The van der Waals surface area contributed by atoms with Gasteiger partial charge in [0.2, 0.25) is 0 Å². The van der Waals surface area contributed by atoms with Gasteiger partial charge in [0.15, 0.2) is 0 Å². The molecule has 13 heavy (non-hydrogen) atoms. The van der Waals surface area contributed by atoms with Crippen LogP contribution in [0.4, 0.5) is 4.79 Å². The highest BCUT2D eigenvalue weighted by atomic mass is 16.6. The van der Waals surface area contributed by atoms with Crippen LogP contribution in [0.2, 0.25) is 0 Å². The molecular formula is C8H14N2O3. The molecule has 0 aromatic rings. The lowest BCUT2D eigenvalue weighted by Gasteiger charge is -2.35. The van der Waals surface area contributed by atoms with Crippen molar-refractivity contribution in [2.75, 3.05) is 6.54 Å². The summed E-state index contributed by atoms with van der Waals surface area (Å²) in [5, 5.41) is 3.40. The number of hydrogen-bond donors (Lipinski definition) is 0. The number of nitroso groups, excluding NO2 is 1. The van der Waals surface area contributed by atoms with Crippen molar-refractivity contribution in [3.05, 3.63) is 4.91 Å². The molecule has 0 aromatic carbocycles. The molecule has 5 nitrogen and oxygen atoms in total. The number of hydrogen-bond acceptors (Lipinski definition) is 4. The molecule has 0 aromatic heterocycles. The Labute approximate surface area is 77.0 Å². The largest absolute Gasteiger partial charge is 0.439 e. The van der Waals surface area contributed by atoms with E-state index in [0.717, 1.165) is 5.01 Å². The summed E-state index contributed by atoms with van der Waals surface area (Å²) in [6, 6.07) is 0. The third kappa shape index (κ3) is 1.50. The Hall–Kier alpha value is -1.13. The molecule has 5 heteroatoms. The van der Waals surface area contributed by atoms with E-state index in [1.165, 1.54) is 0 Å². The summed E-state index contributed by atoms with van der Waals surface area (Å²) in [6.45, 7) is 7.88. The maximum atomic E-state index is 11.1. The first kappa shape index (κ1) is 9.95. The second-order valence-electron chi connectivity index (χ2n) is 4.49. The molecule has 1 amide bonds. The molecule has 0 N–H and O–H groups in total. The first-order chi connectivity index (χ1) is 5.80. The molecule has 1 heterocycles. The number of ether oxygens (including phenoxy) is 1. The van der Waals surface area contributed by atoms with E-state index in [1.807, 2.05) is 20.8 Å². The predicted molar refractivity (Wildman–Crippen MR) is 46.8 cm³/mol. The van der Waals surface area contributed by atoms with Gasteiger partial charge in [0.05, 0.1) is 11.8 Å². The summed E-state index contributed by atoms with van der Waals surface area (Å²) in [5.74, 6) is 0. The van der Waals surface area contributed by atoms with Crippen LogP contribution in [0, 0.1) is 10.3 Å². The zero-order valence-corrected chi connectivity index (χ0v) is 8.33. The molecule has 0 spiro atoms. The minimum atomic E-state index is -0.660. The number of cyclic esters (lactones) is 1. The van der Waals surface area contributed by atoms with Gasteiger partial charge in [0.1, 0.15) is 5.60 Å². The predicted octanol–water partition coefficient (Wildman–Crippen LogP) is 1.92. The summed E-state index contributed by atoms with van der Waals surface area (Å²) in [4.78, 5) is 21.3. The number of carbonyl (C=O) groups excluding carboxylic acids is 1. The van der Waals surface area contributed by atoms with Crippen molar-refractivity contribution < 1.29 is 9.53 Å². The number of rotatable bonds is 1. The Morgan fingerprint density at radius 2 is 2.08 bits per heavy atom. The highest BCUT2D eigenvalue weighted by molar-refractivity contribution is 5.70. The van der Waals surface area contributed by atoms with Crippen molar-refractivity contribution in [1.29, 1.82) is 0 Å². The van der Waals surface area contributed by atoms with Gasteiger partial charge in [-0.3, -0.25) is 0 Å². The first-order valence-electron chi connectivity index (χ1n) is 4.14. The van der Waals surface area contributed by atoms with E-state index in [2.05, 4.69) is 5.29 Å². The van der Waals surface area contributed by atoms with E-state index >= 15 is 0 Å². The summed E-state index contributed by atoms with van der Waals surface area (Å²) in [6.07, 6.45) is -0.660. The van der Waals surface area contributed by atoms with Crippen molar-refractivity contribution in [2.24, 2.45) is 10.7 Å². The third-order valence-electron chi connectivity index (χ3n) is 2.66. The Morgan fingerprint density at radius 3 is 2.31 bits per heavy atom. The topological polar surface area (TPSA) is 59.0 Å². The summed E-state index contributed by atoms with van der Waals surface area (Å²) < 4.78 is 5.11. The Bertz CT molecular complexity index is 246. The van der Waals surface area contributed by atoms with Crippen molar-refractivity contribution in [1.82, 2.24) is 5.01 Å². The highest BCUT2D eigenvalue weighted by Gasteiger charge is 2.50. The lowest BCUT2D eigenvalue weighted by molar-refractivity contribution is -0.0157. The van der Waals surface area contributed by atoms with Gasteiger partial charge < -0.3 is 4.74 Å². The van der Waals surface area contributed by atoms with Crippen LogP contribution in [-0.2, 0) is 4.74 Å². The zero-order chi connectivity index (χ0) is 10.3. The molecule has 1 rings (SSSR count). The fraction of sp³-hybridized carbons (Fsp3) is 0.875. The average Bonchev–Trinajstić information content (AvgIpc) is 2.26. The fourth-order valence-corrected chi connectivity index (χ4v) is 1.08. The van der Waals surface area contributed by atoms with Gasteiger partial charge in [-0.15, -0.1) is 4.91 Å². The summed E-state index contributed by atoms with van der Waals surface area (Å²) in [5.41, 5.74) is -0.847. The van der Waals surface area contributed by atoms with Gasteiger partial charge in [-0.2, -0.15) is 5.01 Å². The summed E-state index contributed by atoms with van der Waals surface area (Å²) >= 11 is 0. The van der Waals surface area contributed by atoms with Crippen molar-refractivity contribution >= 4 is 6.09 Å². The second-order valence-corrected chi connectivity index (χ2v) is 4.49. The fourth-order valence-electron chi connectivity index (χ4n) is 1.08. The second kappa shape index (κ2) is 2.68. The molecule has 1 aliphatic rings. The van der Waals surface area contributed by atoms with Crippen LogP contribution in [-0.4, -0.2) is 23.2 Å². The van der Waals surface area contributed by atoms with E-state index in [4.69, 9.17) is 4.74 Å². The normalized spacial score (nSPS) is 28.9. The van der Waals surface area contributed by atoms with Gasteiger partial charge in [-0.05, 0) is 6.92 Å². The lowest BCUT2D eigenvalue weighted by Crippen LogP contribution is -2.43. The number of carbonyl (C=O) groups is 1. The van der Waals surface area contributed by atoms with Gasteiger partial charge in [0.25, 0.3) is 0 Å². The zero-order valence-electron chi connectivity index (χ0n) is 8.33. The van der Waals surface area contributed by atoms with Crippen LogP contribution in [0.25, 0.3) is 0 Å². The SMILES string of the molecule is CC(C)(C)[C@]1(C)CN(N=O)C(=O)O1. The molecule has 0 aliphatic carbocycles. The van der Waals surface area contributed by atoms with E-state index in [0.29, 0.717) is 0 Å². The van der Waals surface area contributed by atoms with Crippen LogP contribution in [0.15, 0.2) is 5.29 Å². The number of nitrogens with zero attached hydrogens (tertiary/aromatic N) is 2. The van der Waals surface area contributed by atoms with Crippen molar-refractivity contribution in [3.63, 3.8) is 0 Å². The minimum absolute atomic E-state index is 0.206. The van der Waals surface area contributed by atoms with Crippen LogP contribution in [0.1, 0.15) is 27.7 Å². The van der Waals surface area contributed by atoms with Gasteiger partial charge in [-0.1, -0.05) is 20.8 Å². The van der Waals surface area contributed by atoms with Crippen LogP contribution in [0.5, 0.6) is 0 Å². The molecule has 74 valence electrons. The quantitative estimate of drug-likeness (QED) is 0.588. The minimum Gasteiger partial charge on any atom is -0.439 e. The molecule has 1 atom stereocenters. The third-order valence-corrected chi connectivity index (χ3v) is 2.66. The number of amides is 1. The van der Waals surface area contributed by atoms with Crippen molar-refractivity contribution in [2.45, 2.75) is 33.3 Å². The molecule has 1 aliphatic heterocycles. The first-order valence-corrected chi connectivity index (χ1v) is 4.14. The van der Waals surface area contributed by atoms with Gasteiger partial charge in [0, 0.05) is 5.41 Å². The molecule has 1 saturated heterocycles. The van der Waals surface area contributed by atoms with E-state index in [1.54, 1.807) is 6.92 Å². The van der Waals surface area contributed by atoms with Gasteiger partial charge in [-0.25, -0.2) is 4.79 Å². The molecule has 0 saturated carbocycles. The van der Waals surface area contributed by atoms with Gasteiger partial charge >= 0.3 is 6.09 Å². The molecular weight excluding hydrogens is 172 g/mol. The molecule has 0 unspecified atom stereocenters. The Morgan fingerprint density at radius 1 is 1.54 bits per heavy atom. The maximum Gasteiger partial charge on any atom is 0.433 e. The Kier molecular flexibility index (Phi) is 2.05. The summed E-state index contributed by atoms with van der Waals surface area (Å²) in [7, 11) is 0. The highest BCUT2D eigenvalue weighted by Crippen LogP contribution is 2.38. The standard InChI is InChI=1S/C8H14N2O3/c1-7(2,3)8(4)5-10(9-12)6(11)13-8/h5H2,1-4H3/t8-/m0/s1. The maximum absolute atomic E-state index is 11.1. The van der Waals surface area contributed by atoms with E-state index < -0.39 is 11.7 Å².